The van der Waals surface area contributed by atoms with Gasteiger partial charge in [0.15, 0.2) is 0 Å². The van der Waals surface area contributed by atoms with Crippen molar-refractivity contribution < 1.29 is 14.1 Å². The highest BCUT2D eigenvalue weighted by Crippen LogP contribution is 2.14. The lowest BCUT2D eigenvalue weighted by atomic mass is 10.2. The van der Waals surface area contributed by atoms with Crippen molar-refractivity contribution in [2.75, 3.05) is 18.9 Å². The van der Waals surface area contributed by atoms with E-state index < -0.39 is 5.91 Å². The van der Waals surface area contributed by atoms with Crippen molar-refractivity contribution in [1.82, 2.24) is 9.38 Å². The number of nitrogens with zero attached hydrogens (tertiary/aromatic N) is 3. The lowest BCUT2D eigenvalue weighted by molar-refractivity contribution is -0.659. The van der Waals surface area contributed by atoms with E-state index in [1.165, 1.54) is 10.5 Å². The molecular weight excluding hydrogens is 322 g/mol. The Balaban J connectivity index is 2.27. The van der Waals surface area contributed by atoms with E-state index in [4.69, 9.17) is 16.2 Å². The van der Waals surface area contributed by atoms with Gasteiger partial charge in [-0.05, 0) is 25.1 Å². The van der Waals surface area contributed by atoms with E-state index in [9.17, 15) is 9.59 Å². The Morgan fingerprint density at radius 2 is 2.20 bits per heavy atom. The summed E-state index contributed by atoms with van der Waals surface area (Å²) in [5.41, 5.74) is 12.3. The molecule has 3 aromatic heterocycles. The van der Waals surface area contributed by atoms with Gasteiger partial charge in [0.05, 0.1) is 6.54 Å². The van der Waals surface area contributed by atoms with Crippen LogP contribution in [0.4, 0.5) is 5.82 Å². The molecule has 25 heavy (non-hydrogen) atoms. The molecular formula is C17H20N5O3+. The average Bonchev–Trinajstić information content (AvgIpc) is 2.60. The van der Waals surface area contributed by atoms with Gasteiger partial charge < -0.3 is 16.2 Å². The number of pyridine rings is 2. The topological polar surface area (TPSA) is 117 Å². The molecule has 1 amide bonds. The summed E-state index contributed by atoms with van der Waals surface area (Å²) in [5.74, 6) is -0.487. The van der Waals surface area contributed by atoms with E-state index in [0.29, 0.717) is 42.9 Å². The summed E-state index contributed by atoms with van der Waals surface area (Å²) >= 11 is 0. The lowest BCUT2D eigenvalue weighted by Gasteiger charge is -2.10. The van der Waals surface area contributed by atoms with Gasteiger partial charge in [-0.1, -0.05) is 11.1 Å². The second-order valence-corrected chi connectivity index (χ2v) is 5.59. The third-order valence-corrected chi connectivity index (χ3v) is 4.00. The second-order valence-electron chi connectivity index (χ2n) is 5.59. The zero-order valence-corrected chi connectivity index (χ0v) is 13.9. The standard InChI is InChI=1S/C17H19N5O3/c1-2-25-9-5-8-22-14(18)11(15(19)23)10-12-16(22)20-13-6-3-4-7-21(13)17(12)24/h3-4,6-7,10,18H,2,5,8-9H2,1H3,(H2,19,23)/p+1. The average molecular weight is 342 g/mol. The molecule has 0 radical (unpaired) electrons. The Bertz CT molecular complexity index is 1010. The zero-order chi connectivity index (χ0) is 18.0. The van der Waals surface area contributed by atoms with Gasteiger partial charge in [0.1, 0.15) is 10.9 Å². The summed E-state index contributed by atoms with van der Waals surface area (Å²) in [6, 6.07) is 6.70. The number of aromatic nitrogens is 3. The number of aryl methyl sites for hydroxylation is 1. The van der Waals surface area contributed by atoms with Gasteiger partial charge in [-0.15, -0.1) is 0 Å². The van der Waals surface area contributed by atoms with Crippen LogP contribution in [0.25, 0.3) is 16.7 Å². The van der Waals surface area contributed by atoms with Crippen LogP contribution >= 0.6 is 0 Å². The summed E-state index contributed by atoms with van der Waals surface area (Å²) in [4.78, 5) is 29.1. The fourth-order valence-electron chi connectivity index (χ4n) is 2.79. The lowest BCUT2D eigenvalue weighted by Crippen LogP contribution is -2.42. The number of anilines is 1. The molecule has 4 N–H and O–H groups in total. The first-order chi connectivity index (χ1) is 12.0. The zero-order valence-electron chi connectivity index (χ0n) is 13.9. The Hall–Kier alpha value is -3.00. The van der Waals surface area contributed by atoms with Crippen LogP contribution in [0.1, 0.15) is 23.7 Å². The summed E-state index contributed by atoms with van der Waals surface area (Å²) < 4.78 is 8.43. The predicted octanol–water partition coefficient (Wildman–Crippen LogP) is 0.243. The predicted molar refractivity (Wildman–Crippen MR) is 93.2 cm³/mol. The molecule has 0 unspecified atom stereocenters. The third-order valence-electron chi connectivity index (χ3n) is 4.00. The van der Waals surface area contributed by atoms with Gasteiger partial charge in [0.25, 0.3) is 17.1 Å². The van der Waals surface area contributed by atoms with E-state index in [-0.39, 0.29) is 16.9 Å². The highest BCUT2D eigenvalue weighted by Gasteiger charge is 2.22. The Labute approximate surface area is 143 Å². The molecule has 0 atom stereocenters. The van der Waals surface area contributed by atoms with Gasteiger partial charge >= 0.3 is 0 Å². The van der Waals surface area contributed by atoms with E-state index in [0.717, 1.165) is 0 Å². The number of nitrogens with two attached hydrogens (primary N) is 2. The SMILES string of the molecule is CCOCCC[n+]1c(N)c(C(N)=O)cc2c(=O)n3ccccc3nc21. The van der Waals surface area contributed by atoms with Crippen LogP contribution < -0.4 is 21.6 Å². The van der Waals surface area contributed by atoms with Gasteiger partial charge in [-0.3, -0.25) is 14.0 Å². The van der Waals surface area contributed by atoms with E-state index in [2.05, 4.69) is 4.98 Å². The van der Waals surface area contributed by atoms with E-state index in [1.807, 2.05) is 6.92 Å². The number of carbonyl (C=O) groups excluding carboxylic acids is 1. The van der Waals surface area contributed by atoms with E-state index in [1.54, 1.807) is 29.0 Å². The first-order valence-corrected chi connectivity index (χ1v) is 8.05. The summed E-state index contributed by atoms with van der Waals surface area (Å²) in [5, 5.41) is 0.295. The third kappa shape index (κ3) is 3.03. The smallest absolute Gasteiger partial charge is 0.278 e. The van der Waals surface area contributed by atoms with Crippen molar-refractivity contribution in [2.45, 2.75) is 19.9 Å². The maximum atomic E-state index is 12.8. The summed E-state index contributed by atoms with van der Waals surface area (Å²) in [6.07, 6.45) is 2.29. The normalized spacial score (nSPS) is 11.2. The summed E-state index contributed by atoms with van der Waals surface area (Å²) in [7, 11) is 0. The minimum Gasteiger partial charge on any atom is -0.382 e. The molecule has 0 fully saturated rings. The number of hydrogen-bond acceptors (Lipinski definition) is 5. The van der Waals surface area contributed by atoms with Crippen molar-refractivity contribution in [3.63, 3.8) is 0 Å². The minimum atomic E-state index is -0.685. The van der Waals surface area contributed by atoms with Crippen molar-refractivity contribution in [1.29, 1.82) is 0 Å². The van der Waals surface area contributed by atoms with Gasteiger partial charge in [0.2, 0.25) is 11.5 Å². The molecule has 8 heteroatoms. The molecule has 3 aromatic rings. The molecule has 0 aromatic carbocycles. The number of fused-ring (bicyclic) bond motifs is 2. The van der Waals surface area contributed by atoms with Crippen LogP contribution in [0.2, 0.25) is 0 Å². The van der Waals surface area contributed by atoms with Gasteiger partial charge in [-0.25, -0.2) is 4.57 Å². The van der Waals surface area contributed by atoms with Crippen molar-refractivity contribution in [3.8, 4) is 0 Å². The fourth-order valence-corrected chi connectivity index (χ4v) is 2.79. The Kier molecular flexibility index (Phi) is 4.62. The number of rotatable bonds is 6. The number of amides is 1. The first kappa shape index (κ1) is 16.8. The van der Waals surface area contributed by atoms with Gasteiger partial charge in [-0.2, -0.15) is 0 Å². The number of primary amides is 1. The number of hydrogen-bond donors (Lipinski definition) is 2. The van der Waals surface area contributed by atoms with Crippen molar-refractivity contribution >= 4 is 28.4 Å². The maximum Gasteiger partial charge on any atom is 0.278 e. The van der Waals surface area contributed by atoms with Crippen molar-refractivity contribution in [3.05, 3.63) is 46.4 Å². The van der Waals surface area contributed by atoms with Gasteiger partial charge in [0, 0.05) is 25.8 Å². The Morgan fingerprint density at radius 1 is 1.40 bits per heavy atom. The molecule has 0 bridgehead atoms. The highest BCUT2D eigenvalue weighted by molar-refractivity contribution is 5.99. The Morgan fingerprint density at radius 3 is 2.92 bits per heavy atom. The van der Waals surface area contributed by atoms with Crippen LogP contribution in [0.15, 0.2) is 35.3 Å². The monoisotopic (exact) mass is 342 g/mol. The van der Waals surface area contributed by atoms with Crippen LogP contribution in [-0.2, 0) is 11.3 Å². The number of nitrogen functional groups attached to an aromatic ring is 1. The fraction of sp³-hybridized carbons (Fsp3) is 0.294. The number of carbonyl (C=O) groups is 1. The molecule has 0 spiro atoms. The molecule has 0 aliphatic rings. The second kappa shape index (κ2) is 6.86. The van der Waals surface area contributed by atoms with E-state index >= 15 is 0 Å². The van der Waals surface area contributed by atoms with Crippen LogP contribution in [0.3, 0.4) is 0 Å². The molecule has 0 saturated carbocycles. The van der Waals surface area contributed by atoms with Crippen LogP contribution in [0.5, 0.6) is 0 Å². The first-order valence-electron chi connectivity index (χ1n) is 8.05. The molecule has 130 valence electrons. The minimum absolute atomic E-state index is 0.110. The molecule has 0 aliphatic heterocycles. The molecule has 3 heterocycles. The van der Waals surface area contributed by atoms with Crippen LogP contribution in [-0.4, -0.2) is 28.5 Å². The summed E-state index contributed by atoms with van der Waals surface area (Å²) in [6.45, 7) is 3.53. The maximum absolute atomic E-state index is 12.8. The largest absolute Gasteiger partial charge is 0.382 e. The molecule has 0 saturated heterocycles. The number of ether oxygens (including phenoxy) is 1. The molecule has 3 rings (SSSR count). The molecule has 0 aliphatic carbocycles. The van der Waals surface area contributed by atoms with Crippen LogP contribution in [0, 0.1) is 0 Å². The van der Waals surface area contributed by atoms with Crippen molar-refractivity contribution in [2.24, 2.45) is 5.73 Å². The quantitative estimate of drug-likeness (QED) is 0.378. The molecule has 8 nitrogen and oxygen atoms in total. The highest BCUT2D eigenvalue weighted by atomic mass is 16.5.